The van der Waals surface area contributed by atoms with Crippen LogP contribution in [0.15, 0.2) is 0 Å². The van der Waals surface area contributed by atoms with Crippen LogP contribution in [0.2, 0.25) is 0 Å². The lowest BCUT2D eigenvalue weighted by molar-refractivity contribution is 0.731. The number of rotatable bonds is 7. The van der Waals surface area contributed by atoms with Gasteiger partial charge >= 0.3 is 0 Å². The molecule has 0 bridgehead atoms. The second-order valence-corrected chi connectivity index (χ2v) is 11.5. The predicted octanol–water partition coefficient (Wildman–Crippen LogP) is 3.25. The molecule has 0 radical (unpaired) electrons. The molecule has 0 rings (SSSR count). The molecule has 0 saturated carbocycles. The fraction of sp³-hybridized carbons (Fsp3) is 0.900. The van der Waals surface area contributed by atoms with Crippen LogP contribution in [0.4, 0.5) is 0 Å². The summed E-state index contributed by atoms with van der Waals surface area (Å²) in [5.41, 5.74) is 5.45. The molecule has 0 spiro atoms. The molecule has 80 valence electrons. The summed E-state index contributed by atoms with van der Waals surface area (Å²) in [6, 6.07) is 0. The van der Waals surface area contributed by atoms with Gasteiger partial charge in [0.25, 0.3) is 0 Å². The molecule has 0 heterocycles. The molecule has 0 aliphatic carbocycles. The van der Waals surface area contributed by atoms with Crippen molar-refractivity contribution in [3.05, 3.63) is 0 Å². The highest BCUT2D eigenvalue weighted by Crippen LogP contribution is 2.57. The van der Waals surface area contributed by atoms with Gasteiger partial charge < -0.3 is 5.73 Å². The molecular formula is C10H24NPS. The van der Waals surface area contributed by atoms with Crippen molar-refractivity contribution in [2.45, 2.75) is 38.4 Å². The maximum absolute atomic E-state index is 5.45. The van der Waals surface area contributed by atoms with Crippen molar-refractivity contribution in [1.29, 1.82) is 0 Å². The van der Waals surface area contributed by atoms with E-state index in [1.54, 1.807) is 0 Å². The number of hydrogen-bond acceptors (Lipinski definition) is 2. The van der Waals surface area contributed by atoms with Crippen molar-refractivity contribution in [1.82, 2.24) is 0 Å². The maximum Gasteiger partial charge on any atom is 0.00311 e. The van der Waals surface area contributed by atoms with Gasteiger partial charge in [-0.3, -0.25) is 0 Å². The zero-order chi connectivity index (χ0) is 10.3. The van der Waals surface area contributed by atoms with Crippen molar-refractivity contribution >= 4 is 23.8 Å². The second-order valence-electron chi connectivity index (χ2n) is 4.02. The third kappa shape index (κ3) is 8.93. The van der Waals surface area contributed by atoms with Crippen LogP contribution in [0.25, 0.3) is 0 Å². The quantitative estimate of drug-likeness (QED) is 0.527. The van der Waals surface area contributed by atoms with Crippen LogP contribution < -0.4 is 5.73 Å². The van der Waals surface area contributed by atoms with Crippen LogP contribution >= 0.6 is 17.5 Å². The topological polar surface area (TPSA) is 26.0 Å². The molecule has 3 heteroatoms. The Kier molecular flexibility index (Phi) is 7.30. The molecule has 0 aliphatic rings. The molecule has 0 aromatic rings. The summed E-state index contributed by atoms with van der Waals surface area (Å²) in [6.45, 7) is 7.70. The minimum absolute atomic E-state index is 0.727. The minimum atomic E-state index is -0.913. The number of nitrogens with two attached hydrogens (primary N) is 1. The van der Waals surface area contributed by atoms with Crippen molar-refractivity contribution in [2.24, 2.45) is 5.73 Å². The van der Waals surface area contributed by atoms with Gasteiger partial charge in [0, 0.05) is 5.25 Å². The van der Waals surface area contributed by atoms with E-state index in [0.29, 0.717) is 0 Å². The van der Waals surface area contributed by atoms with Crippen LogP contribution in [0.3, 0.4) is 0 Å². The highest BCUT2D eigenvalue weighted by atomic mass is 32.7. The summed E-state index contributed by atoms with van der Waals surface area (Å²) in [5, 5.41) is 0.727. The Morgan fingerprint density at radius 1 is 1.31 bits per heavy atom. The van der Waals surface area contributed by atoms with Gasteiger partial charge in [-0.25, -0.2) is 0 Å². The SMILES string of the molecule is C=P(C)(CCCCCN)SC(C)C. The summed E-state index contributed by atoms with van der Waals surface area (Å²) in [4.78, 5) is 0. The Bertz CT molecular complexity index is 168. The fourth-order valence-electron chi connectivity index (χ4n) is 1.33. The van der Waals surface area contributed by atoms with Crippen molar-refractivity contribution in [3.63, 3.8) is 0 Å². The first-order valence-corrected chi connectivity index (χ1v) is 9.15. The molecule has 0 amide bonds. The van der Waals surface area contributed by atoms with Crippen molar-refractivity contribution in [2.75, 3.05) is 19.4 Å². The first kappa shape index (κ1) is 13.6. The monoisotopic (exact) mass is 221 g/mol. The number of hydrogen-bond donors (Lipinski definition) is 1. The molecule has 13 heavy (non-hydrogen) atoms. The highest BCUT2D eigenvalue weighted by Gasteiger charge is 2.09. The van der Waals surface area contributed by atoms with E-state index in [2.05, 4.69) is 38.2 Å². The van der Waals surface area contributed by atoms with Gasteiger partial charge in [-0.1, -0.05) is 32.7 Å². The van der Waals surface area contributed by atoms with Crippen LogP contribution in [0, 0.1) is 0 Å². The Morgan fingerprint density at radius 3 is 2.38 bits per heavy atom. The third-order valence-electron chi connectivity index (χ3n) is 1.80. The van der Waals surface area contributed by atoms with E-state index in [-0.39, 0.29) is 0 Å². The Labute approximate surface area is 87.6 Å². The predicted molar refractivity (Wildman–Crippen MR) is 70.5 cm³/mol. The van der Waals surface area contributed by atoms with Gasteiger partial charge in [0.15, 0.2) is 0 Å². The van der Waals surface area contributed by atoms with E-state index in [4.69, 9.17) is 5.73 Å². The highest BCUT2D eigenvalue weighted by molar-refractivity contribution is 8.61. The summed E-state index contributed by atoms with van der Waals surface area (Å²) >= 11 is 2.08. The maximum atomic E-state index is 5.45. The van der Waals surface area contributed by atoms with E-state index in [1.165, 1.54) is 25.4 Å². The summed E-state index contributed by atoms with van der Waals surface area (Å²) < 4.78 is 0. The molecule has 0 aliphatic heterocycles. The van der Waals surface area contributed by atoms with Gasteiger partial charge in [0.1, 0.15) is 0 Å². The molecule has 0 fully saturated rings. The van der Waals surface area contributed by atoms with E-state index < -0.39 is 6.09 Å². The Morgan fingerprint density at radius 2 is 1.92 bits per heavy atom. The van der Waals surface area contributed by atoms with E-state index in [9.17, 15) is 0 Å². The summed E-state index contributed by atoms with van der Waals surface area (Å²) in [5.74, 6) is 0. The normalized spacial score (nSPS) is 16.1. The summed E-state index contributed by atoms with van der Waals surface area (Å²) in [6.07, 6.45) is 8.51. The molecular weight excluding hydrogens is 197 g/mol. The van der Waals surface area contributed by atoms with Gasteiger partial charge in [-0.05, 0) is 32.2 Å². The molecule has 0 aromatic heterocycles. The Balaban J connectivity index is 3.57. The summed E-state index contributed by atoms with van der Waals surface area (Å²) in [7, 11) is 0. The van der Waals surface area contributed by atoms with Crippen LogP contribution in [0.1, 0.15) is 33.1 Å². The van der Waals surface area contributed by atoms with Crippen molar-refractivity contribution < 1.29 is 0 Å². The van der Waals surface area contributed by atoms with Crippen LogP contribution in [-0.2, 0) is 0 Å². The average molecular weight is 221 g/mol. The standard InChI is InChI=1S/C10H24NPS/c1-10(2)13-12(3,4)9-7-5-6-8-11/h10H,3,5-9,11H2,1-2,4H3. The minimum Gasteiger partial charge on any atom is -0.330 e. The Hall–Kier alpha value is 0.610. The van der Waals surface area contributed by atoms with Gasteiger partial charge in [-0.2, -0.15) is 0 Å². The van der Waals surface area contributed by atoms with E-state index in [0.717, 1.165) is 11.8 Å². The lowest BCUT2D eigenvalue weighted by Crippen LogP contribution is -1.99. The molecule has 1 unspecified atom stereocenters. The fourth-order valence-corrected chi connectivity index (χ4v) is 7.10. The number of unbranched alkanes of at least 4 members (excludes halogenated alkanes) is 2. The molecule has 2 N–H and O–H groups in total. The second kappa shape index (κ2) is 6.98. The lowest BCUT2D eigenvalue weighted by Gasteiger charge is -2.20. The van der Waals surface area contributed by atoms with Crippen molar-refractivity contribution in [3.8, 4) is 0 Å². The van der Waals surface area contributed by atoms with Crippen LogP contribution in [0.5, 0.6) is 0 Å². The van der Waals surface area contributed by atoms with E-state index >= 15 is 0 Å². The van der Waals surface area contributed by atoms with Gasteiger partial charge in [-0.15, -0.1) is 11.4 Å². The first-order chi connectivity index (χ1) is 5.98. The van der Waals surface area contributed by atoms with Gasteiger partial charge in [0.2, 0.25) is 0 Å². The third-order valence-corrected chi connectivity index (χ3v) is 7.33. The average Bonchev–Trinajstić information content (AvgIpc) is 1.95. The molecule has 1 nitrogen and oxygen atoms in total. The van der Waals surface area contributed by atoms with Gasteiger partial charge in [0.05, 0.1) is 0 Å². The zero-order valence-corrected chi connectivity index (χ0v) is 11.0. The molecule has 0 saturated heterocycles. The van der Waals surface area contributed by atoms with Crippen LogP contribution in [-0.4, -0.2) is 30.9 Å². The molecule has 0 aromatic carbocycles. The smallest absolute Gasteiger partial charge is 0.00311 e. The largest absolute Gasteiger partial charge is 0.330 e. The molecule has 1 atom stereocenters. The lowest BCUT2D eigenvalue weighted by atomic mass is 10.2. The zero-order valence-electron chi connectivity index (χ0n) is 9.25. The first-order valence-electron chi connectivity index (χ1n) is 5.06. The van der Waals surface area contributed by atoms with E-state index in [1.807, 2.05) is 0 Å².